The van der Waals surface area contributed by atoms with Gasteiger partial charge in [0.1, 0.15) is 0 Å². The molecule has 2 heteroatoms. The van der Waals surface area contributed by atoms with Gasteiger partial charge in [-0.05, 0) is 156 Å². The minimum atomic E-state index is -0.363. The first-order valence-electron chi connectivity index (χ1n) is 23.5. The molecule has 0 nitrogen and oxygen atoms in total. The molecular weight excluding hydrogens is 953 g/mol. The van der Waals surface area contributed by atoms with Crippen LogP contribution >= 0.6 is 31.9 Å². The summed E-state index contributed by atoms with van der Waals surface area (Å²) in [7, 11) is 0. The number of benzene rings is 12. The fraction of sp³-hybridized carbons (Fsp3) is 0.0303. The van der Waals surface area contributed by atoms with E-state index in [1.165, 1.54) is 132 Å². The molecule has 2 spiro atoms. The van der Waals surface area contributed by atoms with Crippen LogP contribution in [0.1, 0.15) is 44.5 Å². The maximum Gasteiger partial charge on any atom is 0.0732 e. The molecule has 0 fully saturated rings. The van der Waals surface area contributed by atoms with Crippen LogP contribution in [0.2, 0.25) is 0 Å². The van der Waals surface area contributed by atoms with Crippen molar-refractivity contribution >= 4 is 74.9 Å². The van der Waals surface area contributed by atoms with Crippen LogP contribution in [0.4, 0.5) is 0 Å². The highest BCUT2D eigenvalue weighted by atomic mass is 79.9. The molecule has 0 N–H and O–H groups in total. The smallest absolute Gasteiger partial charge is 0.0619 e. The third kappa shape index (κ3) is 4.74. The van der Waals surface area contributed by atoms with Gasteiger partial charge in [0.05, 0.1) is 10.8 Å². The van der Waals surface area contributed by atoms with Crippen molar-refractivity contribution in [2.75, 3.05) is 0 Å². The lowest BCUT2D eigenvalue weighted by molar-refractivity contribution is 0.801. The lowest BCUT2D eigenvalue weighted by Gasteiger charge is -2.32. The average molecular weight is 991 g/mol. The van der Waals surface area contributed by atoms with Crippen molar-refractivity contribution < 1.29 is 0 Å². The summed E-state index contributed by atoms with van der Waals surface area (Å²) < 4.78 is 2.22. The topological polar surface area (TPSA) is 0 Å². The summed E-state index contributed by atoms with van der Waals surface area (Å²) in [4.78, 5) is 0. The van der Waals surface area contributed by atoms with Gasteiger partial charge in [-0.2, -0.15) is 0 Å². The molecule has 12 aromatic carbocycles. The van der Waals surface area contributed by atoms with E-state index in [2.05, 4.69) is 262 Å². The summed E-state index contributed by atoms with van der Waals surface area (Å²) in [6.07, 6.45) is 0. The van der Waals surface area contributed by atoms with E-state index < -0.39 is 0 Å². The van der Waals surface area contributed by atoms with Gasteiger partial charge in [0.25, 0.3) is 0 Å². The van der Waals surface area contributed by atoms with E-state index in [0.29, 0.717) is 0 Å². The van der Waals surface area contributed by atoms with Gasteiger partial charge in [-0.25, -0.2) is 0 Å². The predicted molar refractivity (Wildman–Crippen MR) is 291 cm³/mol. The maximum absolute atomic E-state index is 3.82. The standard InChI is InChI=1S/C33H18Br2.C33H20/c34-19-13-15-25-27(17-19)21-7-1-2-10-24(21)31-26-16-14-20(35)18-30(26)33(32(25)31)28-11-5-3-8-22(28)23-9-4-6-12-29(23)33;1-3-15-25-21(11-1)22-12-2-4-16-26(22)32-31(25)27-17-7-10-20-30(27)33(32)28-18-8-5-13-23(28)24-14-6-9-19-29(24)33/h1-18H;1-20H. The molecule has 0 aliphatic heterocycles. The first-order chi connectivity index (χ1) is 33.6. The highest BCUT2D eigenvalue weighted by Crippen LogP contribution is 2.67. The number of halogens is 2. The molecule has 0 aromatic heterocycles. The second-order valence-corrected chi connectivity index (χ2v) is 20.6. The molecule has 0 atom stereocenters. The van der Waals surface area contributed by atoms with Gasteiger partial charge in [0.15, 0.2) is 0 Å². The molecule has 0 saturated heterocycles. The maximum atomic E-state index is 3.82. The molecule has 4 aliphatic rings. The number of rotatable bonds is 0. The van der Waals surface area contributed by atoms with Crippen LogP contribution in [-0.4, -0.2) is 0 Å². The SMILES string of the molecule is Brc1ccc2c(c1)C1(c3ccccc3-c3ccccc31)c1c-2c2ccccc2c2cc(Br)ccc12.c1ccc2c(c1)-c1ccccc1C21c2ccccc2-c2c1c1ccccc1c1ccccc21. The molecule has 316 valence electrons. The Hall–Kier alpha value is -7.36. The van der Waals surface area contributed by atoms with Crippen molar-refractivity contribution in [3.63, 3.8) is 0 Å². The molecule has 4 aliphatic carbocycles. The van der Waals surface area contributed by atoms with Crippen LogP contribution in [0.25, 0.3) is 87.6 Å². The minimum absolute atomic E-state index is 0.303. The van der Waals surface area contributed by atoms with Gasteiger partial charge in [0, 0.05) is 8.95 Å². The number of hydrogen-bond acceptors (Lipinski definition) is 0. The lowest BCUT2D eigenvalue weighted by atomic mass is 9.69. The quantitative estimate of drug-likeness (QED) is 0.133. The van der Waals surface area contributed by atoms with Crippen LogP contribution in [0.5, 0.6) is 0 Å². The van der Waals surface area contributed by atoms with Crippen LogP contribution in [-0.2, 0) is 10.8 Å². The van der Waals surface area contributed by atoms with E-state index in [-0.39, 0.29) is 10.8 Å². The Morgan fingerprint density at radius 1 is 0.221 bits per heavy atom. The molecule has 0 unspecified atom stereocenters. The number of hydrogen-bond donors (Lipinski definition) is 0. The Morgan fingerprint density at radius 2 is 0.529 bits per heavy atom. The summed E-state index contributed by atoms with van der Waals surface area (Å²) in [5.41, 5.74) is 21.3. The van der Waals surface area contributed by atoms with Gasteiger partial charge in [-0.3, -0.25) is 0 Å². The Labute approximate surface area is 411 Å². The van der Waals surface area contributed by atoms with Crippen molar-refractivity contribution in [3.05, 3.63) is 284 Å². The summed E-state index contributed by atoms with van der Waals surface area (Å²) in [5, 5.41) is 10.6. The summed E-state index contributed by atoms with van der Waals surface area (Å²) >= 11 is 7.58. The molecule has 0 bridgehead atoms. The van der Waals surface area contributed by atoms with Crippen molar-refractivity contribution in [2.45, 2.75) is 10.8 Å². The van der Waals surface area contributed by atoms with Crippen LogP contribution < -0.4 is 0 Å². The highest BCUT2D eigenvalue weighted by Gasteiger charge is 2.54. The molecule has 0 saturated carbocycles. The van der Waals surface area contributed by atoms with Gasteiger partial charge < -0.3 is 0 Å². The lowest BCUT2D eigenvalue weighted by Crippen LogP contribution is -2.26. The van der Waals surface area contributed by atoms with Gasteiger partial charge in [0.2, 0.25) is 0 Å². The van der Waals surface area contributed by atoms with E-state index >= 15 is 0 Å². The second kappa shape index (κ2) is 14.1. The van der Waals surface area contributed by atoms with Crippen molar-refractivity contribution in [1.29, 1.82) is 0 Å². The first-order valence-corrected chi connectivity index (χ1v) is 25.1. The van der Waals surface area contributed by atoms with Crippen LogP contribution in [0, 0.1) is 0 Å². The summed E-state index contributed by atoms with van der Waals surface area (Å²) in [6.45, 7) is 0. The molecule has 68 heavy (non-hydrogen) atoms. The highest BCUT2D eigenvalue weighted by molar-refractivity contribution is 9.10. The van der Waals surface area contributed by atoms with Gasteiger partial charge >= 0.3 is 0 Å². The van der Waals surface area contributed by atoms with Crippen molar-refractivity contribution in [3.8, 4) is 44.5 Å². The minimum Gasteiger partial charge on any atom is -0.0619 e. The first kappa shape index (κ1) is 38.7. The van der Waals surface area contributed by atoms with E-state index in [1.54, 1.807) is 0 Å². The predicted octanol–water partition coefficient (Wildman–Crippen LogP) is 18.2. The zero-order valence-corrected chi connectivity index (χ0v) is 39.9. The molecular formula is C66H38Br2. The fourth-order valence-electron chi connectivity index (χ4n) is 13.6. The van der Waals surface area contributed by atoms with E-state index in [4.69, 9.17) is 0 Å². The molecule has 16 rings (SSSR count). The Balaban J connectivity index is 0.000000124. The average Bonchev–Trinajstić information content (AvgIpc) is 4.08. The summed E-state index contributed by atoms with van der Waals surface area (Å²) in [5.74, 6) is 0. The largest absolute Gasteiger partial charge is 0.0732 e. The van der Waals surface area contributed by atoms with E-state index in [1.807, 2.05) is 0 Å². The Morgan fingerprint density at radius 3 is 1.03 bits per heavy atom. The molecule has 0 amide bonds. The zero-order chi connectivity index (χ0) is 44.9. The van der Waals surface area contributed by atoms with E-state index in [0.717, 1.165) is 8.95 Å². The fourth-order valence-corrected chi connectivity index (χ4v) is 14.3. The molecule has 12 aromatic rings. The zero-order valence-electron chi connectivity index (χ0n) is 36.7. The monoisotopic (exact) mass is 988 g/mol. The Kier molecular flexibility index (Phi) is 8.02. The van der Waals surface area contributed by atoms with E-state index in [9.17, 15) is 0 Å². The van der Waals surface area contributed by atoms with Crippen molar-refractivity contribution in [1.82, 2.24) is 0 Å². The van der Waals surface area contributed by atoms with Gasteiger partial charge in [-0.1, -0.05) is 238 Å². The van der Waals surface area contributed by atoms with Gasteiger partial charge in [-0.15, -0.1) is 0 Å². The summed E-state index contributed by atoms with van der Waals surface area (Å²) in [6, 6.07) is 85.6. The normalized spacial score (nSPS) is 14.3. The number of fused-ring (bicyclic) bond motifs is 30. The van der Waals surface area contributed by atoms with Crippen LogP contribution in [0.15, 0.2) is 239 Å². The molecule has 0 heterocycles. The third-order valence-electron chi connectivity index (χ3n) is 15.8. The Bertz CT molecular complexity index is 4100. The molecule has 0 radical (unpaired) electrons. The van der Waals surface area contributed by atoms with Crippen LogP contribution in [0.3, 0.4) is 0 Å². The second-order valence-electron chi connectivity index (χ2n) is 18.7. The van der Waals surface area contributed by atoms with Crippen molar-refractivity contribution in [2.24, 2.45) is 0 Å². The third-order valence-corrected chi connectivity index (χ3v) is 16.8.